The molecule has 4 amide bonds. The minimum atomic E-state index is -0.359. The van der Waals surface area contributed by atoms with Gasteiger partial charge in [0.25, 0.3) is 5.91 Å². The van der Waals surface area contributed by atoms with Crippen molar-refractivity contribution < 1.29 is 24.2 Å². The number of urea groups is 1. The van der Waals surface area contributed by atoms with Crippen LogP contribution in [0, 0.1) is 12.8 Å². The van der Waals surface area contributed by atoms with E-state index in [1.165, 1.54) is 11.1 Å². The summed E-state index contributed by atoms with van der Waals surface area (Å²) in [6.07, 6.45) is 6.49. The number of anilines is 3. The number of nitrogens with zero attached hydrogens (tertiary/aromatic N) is 7. The van der Waals surface area contributed by atoms with E-state index >= 15 is 0 Å². The first-order valence-electron chi connectivity index (χ1n) is 21.2. The van der Waals surface area contributed by atoms with Crippen LogP contribution in [0.4, 0.5) is 22.0 Å². The number of para-hydroxylation sites is 1. The Hall–Kier alpha value is -5.99. The van der Waals surface area contributed by atoms with Gasteiger partial charge in [0.15, 0.2) is 5.82 Å². The molecule has 4 fully saturated rings. The van der Waals surface area contributed by atoms with Crippen LogP contribution in [0.5, 0.6) is 5.75 Å². The molecule has 9 rings (SSSR count). The first-order valence-corrected chi connectivity index (χ1v) is 21.2. The molecule has 5 aromatic rings. The van der Waals surface area contributed by atoms with Crippen molar-refractivity contribution in [2.75, 3.05) is 68.0 Å². The van der Waals surface area contributed by atoms with Crippen LogP contribution in [-0.2, 0) is 9.53 Å². The van der Waals surface area contributed by atoms with Crippen LogP contribution in [0.1, 0.15) is 72.7 Å². The largest absolute Gasteiger partial charge is 0.507 e. The molecule has 312 valence electrons. The van der Waals surface area contributed by atoms with E-state index in [9.17, 15) is 19.5 Å². The Morgan fingerprint density at radius 3 is 2.45 bits per heavy atom. The molecule has 2 atom stereocenters. The van der Waals surface area contributed by atoms with Gasteiger partial charge < -0.3 is 34.8 Å². The first kappa shape index (κ1) is 39.5. The third-order valence-electron chi connectivity index (χ3n) is 13.0. The number of carbonyl (C=O) groups excluding carboxylic acids is 3. The number of phenols is 1. The van der Waals surface area contributed by atoms with E-state index in [-0.39, 0.29) is 35.7 Å². The molecule has 6 heterocycles. The zero-order chi connectivity index (χ0) is 41.5. The summed E-state index contributed by atoms with van der Waals surface area (Å²) in [4.78, 5) is 46.2. The van der Waals surface area contributed by atoms with Crippen LogP contribution in [0.25, 0.3) is 22.2 Å². The summed E-state index contributed by atoms with van der Waals surface area (Å²) in [5, 5.41) is 22.5. The lowest BCUT2D eigenvalue weighted by atomic mass is 9.94. The Labute approximate surface area is 349 Å². The van der Waals surface area contributed by atoms with Gasteiger partial charge in [-0.15, -0.1) is 10.2 Å². The van der Waals surface area contributed by atoms with Gasteiger partial charge in [-0.1, -0.05) is 24.3 Å². The molecule has 60 heavy (non-hydrogen) atoms. The molecule has 4 aliphatic heterocycles. The Morgan fingerprint density at radius 1 is 0.933 bits per heavy atom. The lowest BCUT2D eigenvalue weighted by Crippen LogP contribution is -2.49. The van der Waals surface area contributed by atoms with E-state index < -0.39 is 0 Å². The lowest BCUT2D eigenvalue weighted by Gasteiger charge is -2.40. The zero-order valence-electron chi connectivity index (χ0n) is 34.3. The quantitative estimate of drug-likeness (QED) is 0.162. The molecule has 4 saturated heterocycles. The van der Waals surface area contributed by atoms with Crippen LogP contribution >= 0.6 is 0 Å². The Morgan fingerprint density at radius 2 is 1.70 bits per heavy atom. The number of carbonyl (C=O) groups is 3. The number of piperidine rings is 2. The second-order valence-electron chi connectivity index (χ2n) is 16.9. The summed E-state index contributed by atoms with van der Waals surface area (Å²) in [7, 11) is 0. The highest BCUT2D eigenvalue weighted by molar-refractivity contribution is 6.06. The summed E-state index contributed by atoms with van der Waals surface area (Å²) in [5.74, 6) is 0.859. The van der Waals surface area contributed by atoms with E-state index in [4.69, 9.17) is 10.5 Å². The molecule has 14 nitrogen and oxygen atoms in total. The highest BCUT2D eigenvalue weighted by atomic mass is 16.5. The predicted molar refractivity (Wildman–Crippen MR) is 231 cm³/mol. The number of ether oxygens (including phenoxy) is 1. The number of aryl methyl sites for hydroxylation is 1. The number of morpholine rings is 1. The number of fused-ring (bicyclic) bond motifs is 1. The zero-order valence-corrected chi connectivity index (χ0v) is 34.3. The average Bonchev–Trinajstić information content (AvgIpc) is 3.60. The molecule has 2 aromatic heterocycles. The Balaban J connectivity index is 0.761. The van der Waals surface area contributed by atoms with Gasteiger partial charge in [0.1, 0.15) is 11.9 Å². The van der Waals surface area contributed by atoms with E-state index in [0.29, 0.717) is 60.7 Å². The maximum Gasteiger partial charge on any atom is 0.328 e. The fourth-order valence-corrected chi connectivity index (χ4v) is 9.52. The standard InChI is InChI=1S/C46H53N9O5/c1-29-25-55(39-12-11-35(23-37(29)39)53-22-17-43(57)48-46(53)59)34-15-18-51(19-16-34)26-31-13-20-52(21-14-31)45(58)33-9-7-32(8-10-33)42-27-54(30(2)28-60-42)40-24-38(49-50-44(40)47)36-5-3-4-6-41(36)56/h3-12,23-25,30-31,34,42,56H,13-22,26-28H2,1-2H3,(H2,47,50)(H,48,57,59)/t30-,42+/m1/s1. The molecular formula is C46H53N9O5. The van der Waals surface area contributed by atoms with Gasteiger partial charge in [-0.2, -0.15) is 0 Å². The number of imide groups is 1. The molecule has 3 aromatic carbocycles. The van der Waals surface area contributed by atoms with Gasteiger partial charge in [-0.3, -0.25) is 19.8 Å². The molecule has 0 bridgehead atoms. The third-order valence-corrected chi connectivity index (χ3v) is 13.0. The van der Waals surface area contributed by atoms with E-state index in [1.807, 2.05) is 47.4 Å². The molecule has 0 aliphatic carbocycles. The summed E-state index contributed by atoms with van der Waals surface area (Å²) in [6.45, 7) is 10.3. The number of phenolic OH excluding ortho intramolecular Hbond substituents is 1. The van der Waals surface area contributed by atoms with Gasteiger partial charge in [-0.05, 0) is 105 Å². The van der Waals surface area contributed by atoms with E-state index in [0.717, 1.165) is 80.7 Å². The lowest BCUT2D eigenvalue weighted by molar-refractivity contribution is -0.120. The minimum Gasteiger partial charge on any atom is -0.507 e. The van der Waals surface area contributed by atoms with Crippen molar-refractivity contribution >= 4 is 45.9 Å². The first-order chi connectivity index (χ1) is 29.1. The van der Waals surface area contributed by atoms with Gasteiger partial charge >= 0.3 is 6.03 Å². The Bertz CT molecular complexity index is 2400. The normalized spacial score (nSPS) is 21.1. The summed E-state index contributed by atoms with van der Waals surface area (Å²) >= 11 is 0. The molecule has 4 aliphatic rings. The summed E-state index contributed by atoms with van der Waals surface area (Å²) in [5.41, 5.74) is 13.1. The maximum absolute atomic E-state index is 13.7. The number of benzene rings is 3. The van der Waals surface area contributed by atoms with Crippen LogP contribution in [-0.4, -0.2) is 106 Å². The number of aromatic hydroxyl groups is 1. The van der Waals surface area contributed by atoms with Crippen molar-refractivity contribution in [3.8, 4) is 17.0 Å². The van der Waals surface area contributed by atoms with E-state index in [1.54, 1.807) is 23.1 Å². The van der Waals surface area contributed by atoms with Crippen LogP contribution in [0.15, 0.2) is 79.0 Å². The number of hydrogen-bond donors (Lipinski definition) is 3. The highest BCUT2D eigenvalue weighted by Gasteiger charge is 2.32. The topological polar surface area (TPSA) is 162 Å². The van der Waals surface area contributed by atoms with Gasteiger partial charge in [0, 0.05) is 98.2 Å². The van der Waals surface area contributed by atoms with Gasteiger partial charge in [0.2, 0.25) is 5.91 Å². The number of nitrogens with one attached hydrogen (secondary N) is 1. The van der Waals surface area contributed by atoms with Crippen LogP contribution in [0.3, 0.4) is 0 Å². The molecule has 0 saturated carbocycles. The van der Waals surface area contributed by atoms with Crippen molar-refractivity contribution in [3.05, 3.63) is 95.7 Å². The number of nitrogen functional groups attached to an aromatic ring is 1. The number of hydrogen-bond acceptors (Lipinski definition) is 10. The fourth-order valence-electron chi connectivity index (χ4n) is 9.52. The minimum absolute atomic E-state index is 0.0412. The van der Waals surface area contributed by atoms with Crippen molar-refractivity contribution in [2.24, 2.45) is 5.92 Å². The average molecular weight is 812 g/mol. The van der Waals surface area contributed by atoms with Crippen molar-refractivity contribution in [3.63, 3.8) is 0 Å². The van der Waals surface area contributed by atoms with Gasteiger partial charge in [-0.25, -0.2) is 4.79 Å². The number of rotatable bonds is 8. The SMILES string of the molecule is Cc1cn(C2CCN(CC3CCN(C(=O)c4ccc([C@@H]5CN(c6cc(-c7ccccc7O)nnc6N)[C@H](C)CO5)cc4)CC3)CC2)c2ccc(N3CCC(=O)NC3=O)cc12. The van der Waals surface area contributed by atoms with Crippen LogP contribution < -0.4 is 20.9 Å². The molecule has 0 radical (unpaired) electrons. The molecular weight excluding hydrogens is 759 g/mol. The predicted octanol–water partition coefficient (Wildman–Crippen LogP) is 6.30. The number of likely N-dealkylation sites (tertiary alicyclic amines) is 2. The third kappa shape index (κ3) is 7.88. The number of aromatic nitrogens is 3. The molecule has 14 heteroatoms. The van der Waals surface area contributed by atoms with Crippen molar-refractivity contribution in [1.29, 1.82) is 0 Å². The van der Waals surface area contributed by atoms with E-state index in [2.05, 4.69) is 62.1 Å². The maximum atomic E-state index is 13.7. The van der Waals surface area contributed by atoms with Crippen molar-refractivity contribution in [2.45, 2.75) is 64.1 Å². The molecule has 0 unspecified atom stereocenters. The summed E-state index contributed by atoms with van der Waals surface area (Å²) in [6, 6.07) is 23.0. The monoisotopic (exact) mass is 811 g/mol. The number of nitrogens with two attached hydrogens (primary N) is 1. The van der Waals surface area contributed by atoms with Crippen molar-refractivity contribution in [1.82, 2.24) is 29.9 Å². The number of amides is 4. The summed E-state index contributed by atoms with van der Waals surface area (Å²) < 4.78 is 8.71. The molecule has 4 N–H and O–H groups in total. The Kier molecular flexibility index (Phi) is 10.9. The van der Waals surface area contributed by atoms with Crippen LogP contribution in [0.2, 0.25) is 0 Å². The second kappa shape index (κ2) is 16.6. The van der Waals surface area contributed by atoms with Gasteiger partial charge in [0.05, 0.1) is 18.0 Å². The smallest absolute Gasteiger partial charge is 0.328 e. The second-order valence-corrected chi connectivity index (χ2v) is 16.9. The highest BCUT2D eigenvalue weighted by Crippen LogP contribution is 2.37. The fraction of sp³-hybridized carbons (Fsp3) is 0.413. The molecule has 0 spiro atoms.